The van der Waals surface area contributed by atoms with Crippen molar-refractivity contribution in [1.82, 2.24) is 14.8 Å². The second-order valence-corrected chi connectivity index (χ2v) is 7.63. The lowest BCUT2D eigenvalue weighted by Crippen LogP contribution is -2.35. The van der Waals surface area contributed by atoms with E-state index in [4.69, 9.17) is 9.40 Å². The standard InChI is InChI=1S/C23H22N4O2/c1-14-8-9-19-16(12-14)6-4-10-27(19)23(28)17-13-18(20-7-5-11-29-20)24-22-21(17)15(2)25-26(22)3/h5,7-9,11-13H,4,6,10H2,1-3H3. The van der Waals surface area contributed by atoms with Crippen LogP contribution in [0.5, 0.6) is 0 Å². The second-order valence-electron chi connectivity index (χ2n) is 7.63. The normalized spacial score (nSPS) is 13.7. The van der Waals surface area contributed by atoms with Gasteiger partial charge >= 0.3 is 0 Å². The molecular weight excluding hydrogens is 364 g/mol. The van der Waals surface area contributed by atoms with Crippen molar-refractivity contribution in [3.63, 3.8) is 0 Å². The van der Waals surface area contributed by atoms with Crippen molar-refractivity contribution >= 4 is 22.6 Å². The summed E-state index contributed by atoms with van der Waals surface area (Å²) < 4.78 is 7.27. The number of furan rings is 1. The van der Waals surface area contributed by atoms with E-state index < -0.39 is 0 Å². The van der Waals surface area contributed by atoms with Gasteiger partial charge in [0.05, 0.1) is 22.9 Å². The van der Waals surface area contributed by atoms with E-state index in [1.165, 1.54) is 11.1 Å². The molecule has 1 amide bonds. The molecule has 4 aromatic rings. The van der Waals surface area contributed by atoms with Gasteiger partial charge in [-0.15, -0.1) is 0 Å². The van der Waals surface area contributed by atoms with Crippen molar-refractivity contribution in [2.24, 2.45) is 7.05 Å². The Morgan fingerprint density at radius 3 is 2.83 bits per heavy atom. The summed E-state index contributed by atoms with van der Waals surface area (Å²) in [6.45, 7) is 4.71. The monoisotopic (exact) mass is 386 g/mol. The number of anilines is 1. The zero-order valence-electron chi connectivity index (χ0n) is 16.8. The highest BCUT2D eigenvalue weighted by Crippen LogP contribution is 2.33. The van der Waals surface area contributed by atoms with Crippen LogP contribution in [0.15, 0.2) is 47.1 Å². The Morgan fingerprint density at radius 2 is 2.03 bits per heavy atom. The number of nitrogens with zero attached hydrogens (tertiary/aromatic N) is 4. The molecule has 4 heterocycles. The Morgan fingerprint density at radius 1 is 1.17 bits per heavy atom. The molecule has 3 aromatic heterocycles. The van der Waals surface area contributed by atoms with Crippen LogP contribution in [0, 0.1) is 13.8 Å². The van der Waals surface area contributed by atoms with Gasteiger partial charge in [-0.1, -0.05) is 17.7 Å². The second kappa shape index (κ2) is 6.58. The molecule has 1 aliphatic heterocycles. The Hall–Kier alpha value is -3.41. The summed E-state index contributed by atoms with van der Waals surface area (Å²) in [6.07, 6.45) is 3.56. The Bertz CT molecular complexity index is 1240. The fraction of sp³-hybridized carbons (Fsp3) is 0.261. The van der Waals surface area contributed by atoms with Crippen LogP contribution >= 0.6 is 0 Å². The average Bonchev–Trinajstić information content (AvgIpc) is 3.35. The van der Waals surface area contributed by atoms with Crippen molar-refractivity contribution in [2.75, 3.05) is 11.4 Å². The number of amides is 1. The first-order valence-electron chi connectivity index (χ1n) is 9.82. The molecule has 0 N–H and O–H groups in total. The molecule has 29 heavy (non-hydrogen) atoms. The van der Waals surface area contributed by atoms with E-state index >= 15 is 0 Å². The minimum Gasteiger partial charge on any atom is -0.463 e. The van der Waals surface area contributed by atoms with Gasteiger partial charge in [0.15, 0.2) is 11.4 Å². The maximum absolute atomic E-state index is 13.8. The largest absolute Gasteiger partial charge is 0.463 e. The topological polar surface area (TPSA) is 64.2 Å². The summed E-state index contributed by atoms with van der Waals surface area (Å²) in [4.78, 5) is 20.4. The SMILES string of the molecule is Cc1ccc2c(c1)CCCN2C(=O)c1cc(-c2ccco2)nc2c1c(C)nn2C. The van der Waals surface area contributed by atoms with E-state index in [0.717, 1.165) is 29.6 Å². The number of hydrogen-bond donors (Lipinski definition) is 0. The summed E-state index contributed by atoms with van der Waals surface area (Å²) in [5, 5.41) is 5.31. The van der Waals surface area contributed by atoms with Crippen LogP contribution < -0.4 is 4.90 Å². The van der Waals surface area contributed by atoms with Crippen LogP contribution in [0.1, 0.15) is 33.6 Å². The first kappa shape index (κ1) is 17.7. The van der Waals surface area contributed by atoms with Gasteiger partial charge < -0.3 is 9.32 Å². The molecule has 6 nitrogen and oxygen atoms in total. The number of carbonyl (C=O) groups is 1. The zero-order valence-corrected chi connectivity index (χ0v) is 16.8. The minimum atomic E-state index is -0.0221. The summed E-state index contributed by atoms with van der Waals surface area (Å²) in [5.41, 5.74) is 6.16. The molecule has 0 unspecified atom stereocenters. The molecule has 6 heteroatoms. The van der Waals surface area contributed by atoms with Crippen LogP contribution in [-0.2, 0) is 13.5 Å². The van der Waals surface area contributed by atoms with E-state index in [9.17, 15) is 4.79 Å². The molecule has 0 atom stereocenters. The maximum Gasteiger partial charge on any atom is 0.259 e. The first-order valence-corrected chi connectivity index (χ1v) is 9.82. The van der Waals surface area contributed by atoms with Gasteiger partial charge in [0.25, 0.3) is 5.91 Å². The van der Waals surface area contributed by atoms with Gasteiger partial charge in [-0.05, 0) is 56.5 Å². The van der Waals surface area contributed by atoms with Crippen LogP contribution in [-0.4, -0.2) is 27.2 Å². The third kappa shape index (κ3) is 2.83. The maximum atomic E-state index is 13.8. The lowest BCUT2D eigenvalue weighted by atomic mass is 9.98. The van der Waals surface area contributed by atoms with Gasteiger partial charge in [0, 0.05) is 19.3 Å². The summed E-state index contributed by atoms with van der Waals surface area (Å²) in [5.74, 6) is 0.612. The lowest BCUT2D eigenvalue weighted by molar-refractivity contribution is 0.0986. The molecule has 0 saturated heterocycles. The fourth-order valence-electron chi connectivity index (χ4n) is 4.25. The molecule has 1 aromatic carbocycles. The predicted molar refractivity (Wildman–Crippen MR) is 112 cm³/mol. The Labute approximate surface area is 168 Å². The number of rotatable bonds is 2. The van der Waals surface area contributed by atoms with Crippen LogP contribution in [0.4, 0.5) is 5.69 Å². The predicted octanol–water partition coefficient (Wildman–Crippen LogP) is 4.44. The molecule has 0 bridgehead atoms. The molecular formula is C23H22N4O2. The van der Waals surface area contributed by atoms with Crippen LogP contribution in [0.3, 0.4) is 0 Å². The number of carbonyl (C=O) groups excluding carboxylic acids is 1. The van der Waals surface area contributed by atoms with Crippen LogP contribution in [0.2, 0.25) is 0 Å². The van der Waals surface area contributed by atoms with Crippen molar-refractivity contribution in [1.29, 1.82) is 0 Å². The smallest absolute Gasteiger partial charge is 0.259 e. The molecule has 146 valence electrons. The number of benzene rings is 1. The van der Waals surface area contributed by atoms with Crippen molar-refractivity contribution in [3.05, 3.63) is 65.0 Å². The van der Waals surface area contributed by atoms with Gasteiger partial charge in [-0.25, -0.2) is 4.98 Å². The molecule has 0 aliphatic carbocycles. The van der Waals surface area contributed by atoms with E-state index in [-0.39, 0.29) is 5.91 Å². The van der Waals surface area contributed by atoms with E-state index in [0.29, 0.717) is 29.2 Å². The molecule has 0 spiro atoms. The average molecular weight is 386 g/mol. The van der Waals surface area contributed by atoms with Gasteiger partial charge in [0.1, 0.15) is 5.69 Å². The van der Waals surface area contributed by atoms with Gasteiger partial charge in [-0.3, -0.25) is 9.48 Å². The molecule has 0 radical (unpaired) electrons. The third-order valence-corrected chi connectivity index (χ3v) is 5.57. The third-order valence-electron chi connectivity index (χ3n) is 5.57. The molecule has 0 fully saturated rings. The number of aryl methyl sites for hydroxylation is 4. The number of hydrogen-bond acceptors (Lipinski definition) is 4. The van der Waals surface area contributed by atoms with E-state index in [1.54, 1.807) is 10.9 Å². The summed E-state index contributed by atoms with van der Waals surface area (Å²) in [6, 6.07) is 11.8. The molecule has 5 rings (SSSR count). The highest BCUT2D eigenvalue weighted by molar-refractivity contribution is 6.14. The van der Waals surface area contributed by atoms with Crippen molar-refractivity contribution in [2.45, 2.75) is 26.7 Å². The fourth-order valence-corrected chi connectivity index (χ4v) is 4.25. The highest BCUT2D eigenvalue weighted by atomic mass is 16.3. The van der Waals surface area contributed by atoms with E-state index in [2.05, 4.69) is 30.2 Å². The quantitative estimate of drug-likeness (QED) is 0.511. The number of fused-ring (bicyclic) bond motifs is 2. The van der Waals surface area contributed by atoms with Crippen molar-refractivity contribution in [3.8, 4) is 11.5 Å². The van der Waals surface area contributed by atoms with Gasteiger partial charge in [-0.2, -0.15) is 5.10 Å². The number of pyridine rings is 1. The summed E-state index contributed by atoms with van der Waals surface area (Å²) in [7, 11) is 1.85. The summed E-state index contributed by atoms with van der Waals surface area (Å²) >= 11 is 0. The number of aromatic nitrogens is 3. The van der Waals surface area contributed by atoms with Crippen LogP contribution in [0.25, 0.3) is 22.5 Å². The lowest BCUT2D eigenvalue weighted by Gasteiger charge is -2.30. The van der Waals surface area contributed by atoms with Gasteiger partial charge in [0.2, 0.25) is 0 Å². The highest BCUT2D eigenvalue weighted by Gasteiger charge is 2.27. The molecule has 1 aliphatic rings. The minimum absolute atomic E-state index is 0.0221. The zero-order chi connectivity index (χ0) is 20.1. The molecule has 0 saturated carbocycles. The van der Waals surface area contributed by atoms with Crippen molar-refractivity contribution < 1.29 is 9.21 Å². The Kier molecular flexibility index (Phi) is 4.01. The first-order chi connectivity index (χ1) is 14.0. The Balaban J connectivity index is 1.70. The van der Waals surface area contributed by atoms with E-state index in [1.807, 2.05) is 37.1 Å².